The van der Waals surface area contributed by atoms with Crippen LogP contribution in [0.5, 0.6) is 5.75 Å². The summed E-state index contributed by atoms with van der Waals surface area (Å²) in [5, 5.41) is 19.7. The molecule has 3 heterocycles. The van der Waals surface area contributed by atoms with Crippen LogP contribution in [0.1, 0.15) is 11.3 Å². The van der Waals surface area contributed by atoms with Crippen LogP contribution in [-0.4, -0.2) is 51.1 Å². The predicted molar refractivity (Wildman–Crippen MR) is 156 cm³/mol. The number of halogens is 1. The maximum Gasteiger partial charge on any atom is 0.230 e. The van der Waals surface area contributed by atoms with Gasteiger partial charge in [-0.3, -0.25) is 4.79 Å². The first-order valence-electron chi connectivity index (χ1n) is 11.9. The first kappa shape index (κ1) is 26.2. The summed E-state index contributed by atoms with van der Waals surface area (Å²) in [5.74, 6) is 1.46. The zero-order chi connectivity index (χ0) is 26.3. The van der Waals surface area contributed by atoms with Crippen molar-refractivity contribution in [3.8, 4) is 5.75 Å². The van der Waals surface area contributed by atoms with Gasteiger partial charge in [-0.2, -0.15) is 0 Å². The minimum absolute atomic E-state index is 0.0881. The number of thiazole rings is 1. The second-order valence-electron chi connectivity index (χ2n) is 8.41. The van der Waals surface area contributed by atoms with E-state index in [0.29, 0.717) is 35.5 Å². The number of hydrogen-bond acceptors (Lipinski definition) is 8. The Morgan fingerprint density at radius 3 is 2.84 bits per heavy atom. The molecule has 3 aromatic rings. The van der Waals surface area contributed by atoms with Gasteiger partial charge in [0.05, 0.1) is 39.9 Å². The zero-order valence-corrected chi connectivity index (χ0v) is 22.7. The van der Waals surface area contributed by atoms with Gasteiger partial charge >= 0.3 is 0 Å². The number of nitrogens with zero attached hydrogens (tertiary/aromatic N) is 3. The molecule has 1 aromatic heterocycles. The molecular formula is C27H26ClN5O3S2. The summed E-state index contributed by atoms with van der Waals surface area (Å²) in [7, 11) is -0.457. The number of amides is 1. The lowest BCUT2D eigenvalue weighted by molar-refractivity contribution is -0.118. The monoisotopic (exact) mass is 567 g/mol. The molecule has 3 N–H and O–H groups in total. The number of aromatic nitrogens is 1. The van der Waals surface area contributed by atoms with E-state index < -0.39 is 10.5 Å². The van der Waals surface area contributed by atoms with Crippen molar-refractivity contribution in [1.29, 1.82) is 0 Å². The number of carbonyl (C=O) groups is 1. The van der Waals surface area contributed by atoms with Gasteiger partial charge in [-0.15, -0.1) is 21.8 Å². The maximum absolute atomic E-state index is 12.5. The van der Waals surface area contributed by atoms with Gasteiger partial charge in [0.1, 0.15) is 18.2 Å². The second-order valence-corrected chi connectivity index (χ2v) is 11.3. The SMILES string of the molecule is O=C(CS1=C2C(=C(Nc3ccc(OCc4cscn4)c(Cl)c3)N=CN2Cc2ccccc2)C=C1)NCCO. The highest BCUT2D eigenvalue weighted by Crippen LogP contribution is 2.36. The van der Waals surface area contributed by atoms with Gasteiger partial charge in [-0.25, -0.2) is 9.98 Å². The number of hydrogen-bond donors (Lipinski definition) is 3. The van der Waals surface area contributed by atoms with Crippen LogP contribution in [0, 0.1) is 0 Å². The fraction of sp³-hybridized carbons (Fsp3) is 0.185. The van der Waals surface area contributed by atoms with Crippen molar-refractivity contribution >= 4 is 56.3 Å². The average Bonchev–Trinajstić information content (AvgIpc) is 3.60. The van der Waals surface area contributed by atoms with Gasteiger partial charge in [0.15, 0.2) is 0 Å². The average molecular weight is 568 g/mol. The normalized spacial score (nSPS) is 16.1. The van der Waals surface area contributed by atoms with Crippen LogP contribution in [0.3, 0.4) is 0 Å². The molecule has 0 saturated heterocycles. The van der Waals surface area contributed by atoms with Gasteiger partial charge < -0.3 is 25.4 Å². The van der Waals surface area contributed by atoms with Crippen molar-refractivity contribution in [1.82, 2.24) is 15.2 Å². The fourth-order valence-corrected chi connectivity index (χ4v) is 6.64. The van der Waals surface area contributed by atoms with E-state index in [4.69, 9.17) is 26.4 Å². The van der Waals surface area contributed by atoms with Gasteiger partial charge in [-0.05, 0) is 35.2 Å². The number of aliphatic hydroxyl groups is 1. The quantitative estimate of drug-likeness (QED) is 0.293. The Kier molecular flexibility index (Phi) is 8.54. The molecule has 38 heavy (non-hydrogen) atoms. The standard InChI is InChI=1S/C27H26ClN5O3S2/c28-23-12-20(6-7-24(23)36-14-21-15-37-18-31-21)32-26-22-8-11-38(16-25(35)29-9-10-34)27(22)33(17-30-26)13-19-4-2-1-3-5-19/h1-8,11-12,15,17-18,32,34H,9-10,13-14,16H2,(H,29,35). The summed E-state index contributed by atoms with van der Waals surface area (Å²) in [6.45, 7) is 1.14. The number of benzene rings is 2. The number of anilines is 1. The van der Waals surface area contributed by atoms with Gasteiger partial charge in [0.25, 0.3) is 0 Å². The zero-order valence-electron chi connectivity index (χ0n) is 20.3. The van der Waals surface area contributed by atoms with Crippen LogP contribution >= 0.6 is 33.4 Å². The third-order valence-corrected chi connectivity index (χ3v) is 8.61. The molecule has 2 aliphatic rings. The highest BCUT2D eigenvalue weighted by molar-refractivity contribution is 8.19. The van der Waals surface area contributed by atoms with Crippen LogP contribution in [0.4, 0.5) is 5.69 Å². The molecule has 2 aliphatic heterocycles. The van der Waals surface area contributed by atoms with Crippen LogP contribution in [0.15, 0.2) is 87.3 Å². The van der Waals surface area contributed by atoms with Crippen LogP contribution < -0.4 is 15.4 Å². The molecule has 5 rings (SSSR count). The lowest BCUT2D eigenvalue weighted by Crippen LogP contribution is -2.35. The number of ether oxygens (including phenoxy) is 1. The smallest absolute Gasteiger partial charge is 0.230 e. The van der Waals surface area contributed by atoms with Crippen LogP contribution in [-0.2, 0) is 17.9 Å². The molecule has 0 bridgehead atoms. The first-order valence-corrected chi connectivity index (χ1v) is 14.7. The Balaban J connectivity index is 1.37. The molecule has 1 amide bonds. The molecule has 0 fully saturated rings. The lowest BCUT2D eigenvalue weighted by Gasteiger charge is -2.28. The summed E-state index contributed by atoms with van der Waals surface area (Å²) in [6, 6.07) is 15.7. The molecule has 0 saturated carbocycles. The highest BCUT2D eigenvalue weighted by atomic mass is 35.5. The van der Waals surface area contributed by atoms with Crippen molar-refractivity contribution in [3.63, 3.8) is 0 Å². The molecule has 2 aromatic carbocycles. The molecular weight excluding hydrogens is 542 g/mol. The number of rotatable bonds is 11. The van der Waals surface area contributed by atoms with Crippen molar-refractivity contribution in [2.75, 3.05) is 24.2 Å². The van der Waals surface area contributed by atoms with E-state index in [1.165, 1.54) is 11.3 Å². The Hall–Kier alpha value is -3.44. The van der Waals surface area contributed by atoms with Gasteiger partial charge in [0, 0.05) is 29.7 Å². The third kappa shape index (κ3) is 6.33. The van der Waals surface area contributed by atoms with E-state index in [-0.39, 0.29) is 19.1 Å². The number of carbonyl (C=O) groups excluding carboxylic acids is 1. The minimum atomic E-state index is -0.457. The topological polar surface area (TPSA) is 99.1 Å². The molecule has 0 radical (unpaired) electrons. The molecule has 1 atom stereocenters. The Labute approximate surface area is 232 Å². The van der Waals surface area contributed by atoms with E-state index >= 15 is 0 Å². The largest absolute Gasteiger partial charge is 0.486 e. The van der Waals surface area contributed by atoms with Crippen LogP contribution in [0.2, 0.25) is 5.02 Å². The summed E-state index contributed by atoms with van der Waals surface area (Å²) >= 11 is 8.03. The van der Waals surface area contributed by atoms with E-state index in [1.807, 2.05) is 41.8 Å². The molecule has 196 valence electrons. The maximum atomic E-state index is 12.5. The van der Waals surface area contributed by atoms with E-state index in [1.54, 1.807) is 17.9 Å². The minimum Gasteiger partial charge on any atom is -0.486 e. The number of nitrogens with one attached hydrogen (secondary N) is 2. The fourth-order valence-electron chi connectivity index (χ4n) is 3.95. The van der Waals surface area contributed by atoms with Gasteiger partial charge in [0.2, 0.25) is 5.91 Å². The Morgan fingerprint density at radius 2 is 2.08 bits per heavy atom. The van der Waals surface area contributed by atoms with Crippen molar-refractivity contribution < 1.29 is 14.6 Å². The molecule has 11 heteroatoms. The second kappa shape index (κ2) is 12.4. The summed E-state index contributed by atoms with van der Waals surface area (Å²) in [4.78, 5) is 24.6. The Bertz CT molecular complexity index is 1420. The van der Waals surface area contributed by atoms with Gasteiger partial charge in [-0.1, -0.05) is 41.9 Å². The van der Waals surface area contributed by atoms with E-state index in [9.17, 15) is 4.79 Å². The summed E-state index contributed by atoms with van der Waals surface area (Å²) in [5.41, 5.74) is 5.47. The van der Waals surface area contributed by atoms with Crippen molar-refractivity contribution in [3.05, 3.63) is 98.6 Å². The van der Waals surface area contributed by atoms with E-state index in [2.05, 4.69) is 38.1 Å². The summed E-state index contributed by atoms with van der Waals surface area (Å²) < 4.78 is 5.81. The third-order valence-electron chi connectivity index (χ3n) is 5.69. The van der Waals surface area contributed by atoms with E-state index in [0.717, 1.165) is 27.5 Å². The van der Waals surface area contributed by atoms with Crippen molar-refractivity contribution in [2.45, 2.75) is 13.2 Å². The number of aliphatic imine (C=N–C) groups is 1. The molecule has 1 unspecified atom stereocenters. The first-order chi connectivity index (χ1) is 18.6. The molecule has 0 aliphatic carbocycles. The summed E-state index contributed by atoms with van der Waals surface area (Å²) in [6.07, 6.45) is 3.82. The molecule has 8 nitrogen and oxygen atoms in total. The Morgan fingerprint density at radius 1 is 1.21 bits per heavy atom. The predicted octanol–water partition coefficient (Wildman–Crippen LogP) is 4.58. The van der Waals surface area contributed by atoms with Crippen LogP contribution in [0.25, 0.3) is 0 Å². The van der Waals surface area contributed by atoms with Crippen molar-refractivity contribution in [2.24, 2.45) is 4.99 Å². The lowest BCUT2D eigenvalue weighted by atomic mass is 10.1. The number of fused-ring (bicyclic) bond motifs is 1. The number of aliphatic hydroxyl groups excluding tert-OH is 1. The molecule has 0 spiro atoms. The highest BCUT2D eigenvalue weighted by Gasteiger charge is 2.27.